The number of rotatable bonds is 21. The molecule has 3 heterocycles. The minimum Gasteiger partial charge on any atom is -0.494 e. The lowest BCUT2D eigenvalue weighted by Gasteiger charge is -2.40. The van der Waals surface area contributed by atoms with Gasteiger partial charge < -0.3 is 51.6 Å². The Bertz CT molecular complexity index is 2680. The summed E-state index contributed by atoms with van der Waals surface area (Å²) >= 11 is 5.83. The third kappa shape index (κ3) is 14.5. The standard InChI is InChI=1S/C54H68ClF2N9O8/c1-32(60-6)50(69)63-47(54(3,4)5)53(72)66-31-37-27-39(19-16-35(37)28-42(66)49(59)68)73-26-12-10-8-7-9-11-13-44(67)64-22-24-65(25-23-64)52(71)34-14-17-38(18-15-34)62-51(70)36-29-43(48(58)61-30-36)74-33(2)45-41(56)21-20-40(55)46(45)57/h14-21,27,29-30,32-33,42,47,60H,7-13,22-26,28,31H2,1-6H3,(H2,58,61)(H2,59,68)(H,62,70)(H,63,69)/t32-,33+,42-,47+/m0/s1. The maximum Gasteiger partial charge on any atom is 0.257 e. The summed E-state index contributed by atoms with van der Waals surface area (Å²) < 4.78 is 40.8. The Balaban J connectivity index is 0.866. The van der Waals surface area contributed by atoms with Crippen LogP contribution in [0, 0.1) is 17.0 Å². The highest BCUT2D eigenvalue weighted by Crippen LogP contribution is 2.33. The van der Waals surface area contributed by atoms with Crippen molar-refractivity contribution in [1.82, 2.24) is 30.3 Å². The van der Waals surface area contributed by atoms with Crippen molar-refractivity contribution in [3.63, 3.8) is 0 Å². The van der Waals surface area contributed by atoms with Crippen LogP contribution in [0.1, 0.15) is 123 Å². The number of benzene rings is 3. The fraction of sp³-hybridized carbons (Fsp3) is 0.463. The van der Waals surface area contributed by atoms with E-state index in [2.05, 4.69) is 20.9 Å². The number of aromatic nitrogens is 1. The number of nitrogens with two attached hydrogens (primary N) is 2. The van der Waals surface area contributed by atoms with E-state index in [1.807, 2.05) is 39.0 Å². The van der Waals surface area contributed by atoms with Crippen LogP contribution in [-0.4, -0.2) is 113 Å². The van der Waals surface area contributed by atoms with Crippen LogP contribution in [0.4, 0.5) is 20.3 Å². The lowest BCUT2D eigenvalue weighted by molar-refractivity contribution is -0.146. The van der Waals surface area contributed by atoms with Gasteiger partial charge in [-0.2, -0.15) is 0 Å². The molecule has 2 aliphatic rings. The van der Waals surface area contributed by atoms with E-state index >= 15 is 0 Å². The molecule has 0 saturated carbocycles. The van der Waals surface area contributed by atoms with Crippen LogP contribution in [-0.2, 0) is 32.1 Å². The molecule has 6 amide bonds. The zero-order chi connectivity index (χ0) is 53.9. The van der Waals surface area contributed by atoms with Gasteiger partial charge >= 0.3 is 0 Å². The fourth-order valence-electron chi connectivity index (χ4n) is 8.86. The molecule has 3 aromatic carbocycles. The first-order valence-corrected chi connectivity index (χ1v) is 25.4. The molecule has 0 unspecified atom stereocenters. The van der Waals surface area contributed by atoms with Crippen LogP contribution in [0.2, 0.25) is 5.02 Å². The number of nitrogen functional groups attached to an aromatic ring is 1. The lowest BCUT2D eigenvalue weighted by atomic mass is 9.84. The van der Waals surface area contributed by atoms with Crippen molar-refractivity contribution in [3.05, 3.63) is 111 Å². The predicted molar refractivity (Wildman–Crippen MR) is 277 cm³/mol. The number of halogens is 3. The van der Waals surface area contributed by atoms with Gasteiger partial charge in [-0.1, -0.05) is 64.1 Å². The molecule has 398 valence electrons. The average Bonchev–Trinajstić information content (AvgIpc) is 3.37. The van der Waals surface area contributed by atoms with Gasteiger partial charge in [0.05, 0.1) is 28.8 Å². The van der Waals surface area contributed by atoms with E-state index < -0.39 is 58.7 Å². The predicted octanol–water partition coefficient (Wildman–Crippen LogP) is 6.96. The van der Waals surface area contributed by atoms with Crippen molar-refractivity contribution in [3.8, 4) is 11.5 Å². The van der Waals surface area contributed by atoms with Gasteiger partial charge in [0.1, 0.15) is 29.8 Å². The van der Waals surface area contributed by atoms with Gasteiger partial charge in [0.15, 0.2) is 17.4 Å². The molecule has 7 N–H and O–H groups in total. The second kappa shape index (κ2) is 25.4. The van der Waals surface area contributed by atoms with Crippen molar-refractivity contribution in [2.75, 3.05) is 50.9 Å². The summed E-state index contributed by atoms with van der Waals surface area (Å²) in [6, 6.07) is 13.3. The number of ether oxygens (including phenoxy) is 2. The molecular weight excluding hydrogens is 976 g/mol. The number of unbranched alkanes of at least 4 members (excludes halogenated alkanes) is 5. The zero-order valence-corrected chi connectivity index (χ0v) is 43.7. The number of piperazine rings is 1. The van der Waals surface area contributed by atoms with Crippen molar-refractivity contribution >= 4 is 58.5 Å². The highest BCUT2D eigenvalue weighted by atomic mass is 35.5. The molecule has 20 heteroatoms. The smallest absolute Gasteiger partial charge is 0.257 e. The van der Waals surface area contributed by atoms with E-state index in [9.17, 15) is 37.5 Å². The Labute approximate surface area is 436 Å². The first-order chi connectivity index (χ1) is 35.2. The maximum absolute atomic E-state index is 14.6. The molecule has 0 radical (unpaired) electrons. The van der Waals surface area contributed by atoms with Crippen molar-refractivity contribution in [2.24, 2.45) is 11.1 Å². The van der Waals surface area contributed by atoms with E-state index in [-0.39, 0.29) is 58.7 Å². The Hall–Kier alpha value is -6.86. The van der Waals surface area contributed by atoms with Gasteiger partial charge in [-0.3, -0.25) is 28.8 Å². The Morgan fingerprint density at radius 3 is 2.18 bits per heavy atom. The average molecular weight is 1040 g/mol. The van der Waals surface area contributed by atoms with E-state index in [0.29, 0.717) is 56.2 Å². The van der Waals surface area contributed by atoms with Gasteiger partial charge in [-0.15, -0.1) is 0 Å². The number of nitrogens with zero attached hydrogens (tertiary/aromatic N) is 4. The van der Waals surface area contributed by atoms with Gasteiger partial charge in [-0.25, -0.2) is 13.8 Å². The van der Waals surface area contributed by atoms with Gasteiger partial charge in [0, 0.05) is 63.0 Å². The molecule has 17 nitrogen and oxygen atoms in total. The number of carbonyl (C=O) groups is 6. The summed E-state index contributed by atoms with van der Waals surface area (Å²) in [5.74, 6) is -3.30. The lowest BCUT2D eigenvalue weighted by Crippen LogP contribution is -2.61. The fourth-order valence-corrected chi connectivity index (χ4v) is 9.03. The van der Waals surface area contributed by atoms with Gasteiger partial charge in [0.25, 0.3) is 11.8 Å². The second-order valence-corrected chi connectivity index (χ2v) is 20.3. The third-order valence-corrected chi connectivity index (χ3v) is 13.7. The number of hydrogen-bond donors (Lipinski definition) is 5. The molecular formula is C54H68ClF2N9O8. The normalized spacial score (nSPS) is 15.9. The number of likely N-dealkylation sites (N-methyl/N-ethyl adjacent to an activating group) is 1. The second-order valence-electron chi connectivity index (χ2n) is 19.9. The number of amides is 6. The van der Waals surface area contributed by atoms with E-state index in [0.717, 1.165) is 61.8 Å². The molecule has 0 spiro atoms. The van der Waals surface area contributed by atoms with Gasteiger partial charge in [-0.05, 0) is 105 Å². The van der Waals surface area contributed by atoms with Crippen LogP contribution in [0.25, 0.3) is 0 Å². The van der Waals surface area contributed by atoms with E-state index in [1.165, 1.54) is 24.1 Å². The van der Waals surface area contributed by atoms with Crippen molar-refractivity contribution < 1.29 is 47.0 Å². The van der Waals surface area contributed by atoms with Crippen molar-refractivity contribution in [1.29, 1.82) is 0 Å². The Morgan fingerprint density at radius 1 is 0.851 bits per heavy atom. The highest BCUT2D eigenvalue weighted by molar-refractivity contribution is 6.30. The first kappa shape index (κ1) is 56.4. The third-order valence-electron chi connectivity index (χ3n) is 13.4. The molecule has 6 rings (SSSR count). The van der Waals surface area contributed by atoms with Crippen LogP contribution in [0.3, 0.4) is 0 Å². The number of nitrogens with one attached hydrogen (secondary N) is 3. The quantitative estimate of drug-likeness (QED) is 0.0423. The molecule has 2 aliphatic heterocycles. The molecule has 0 bridgehead atoms. The van der Waals surface area contributed by atoms with Crippen LogP contribution in [0.15, 0.2) is 66.9 Å². The highest BCUT2D eigenvalue weighted by Gasteiger charge is 2.42. The van der Waals surface area contributed by atoms with E-state index in [4.69, 9.17) is 32.5 Å². The summed E-state index contributed by atoms with van der Waals surface area (Å²) in [7, 11) is 1.67. The monoisotopic (exact) mass is 1040 g/mol. The molecule has 1 aromatic heterocycles. The van der Waals surface area contributed by atoms with Crippen LogP contribution < -0.4 is 36.9 Å². The topological polar surface area (TPSA) is 232 Å². The summed E-state index contributed by atoms with van der Waals surface area (Å²) in [4.78, 5) is 88.0. The maximum atomic E-state index is 14.6. The Kier molecular flexibility index (Phi) is 19.4. The number of hydrogen-bond acceptors (Lipinski definition) is 11. The summed E-state index contributed by atoms with van der Waals surface area (Å²) in [5, 5.41) is 8.23. The molecule has 4 aromatic rings. The number of pyridine rings is 1. The summed E-state index contributed by atoms with van der Waals surface area (Å²) in [5.41, 5.74) is 13.4. The number of primary amides is 1. The number of carbonyl (C=O) groups excluding carboxylic acids is 6. The van der Waals surface area contributed by atoms with Crippen LogP contribution >= 0.6 is 11.6 Å². The number of anilines is 2. The first-order valence-electron chi connectivity index (χ1n) is 25.0. The summed E-state index contributed by atoms with van der Waals surface area (Å²) in [6.45, 7) is 11.0. The zero-order valence-electron chi connectivity index (χ0n) is 42.9. The molecule has 74 heavy (non-hydrogen) atoms. The Morgan fingerprint density at radius 2 is 1.51 bits per heavy atom. The minimum atomic E-state index is -1.15. The number of fused-ring (bicyclic) bond motifs is 1. The van der Waals surface area contributed by atoms with Crippen molar-refractivity contribution in [2.45, 2.75) is 117 Å². The van der Waals surface area contributed by atoms with Gasteiger partial charge in [0.2, 0.25) is 23.6 Å². The summed E-state index contributed by atoms with van der Waals surface area (Å²) in [6.07, 6.45) is 6.26. The van der Waals surface area contributed by atoms with E-state index in [1.54, 1.807) is 48.0 Å². The molecule has 1 saturated heterocycles. The molecule has 1 fully saturated rings. The minimum absolute atomic E-state index is 0.0607. The molecule has 0 aliphatic carbocycles. The largest absolute Gasteiger partial charge is 0.494 e. The molecule has 4 atom stereocenters. The SMILES string of the molecule is CN[C@@H](C)C(=O)N[C@H](C(=O)N1Cc2cc(OCCCCCCCCC(=O)N3CCN(C(=O)c4ccc(NC(=O)c5cnc(N)c(O[C@H](C)c6c(F)ccc(Cl)c6F)c5)cc4)CC3)ccc2C[C@H]1C(N)=O)C(C)(C)C. The van der Waals surface area contributed by atoms with Crippen LogP contribution in [0.5, 0.6) is 11.5 Å².